The van der Waals surface area contributed by atoms with Gasteiger partial charge in [-0.2, -0.15) is 0 Å². The Morgan fingerprint density at radius 1 is 1.28 bits per heavy atom. The molecule has 18 heavy (non-hydrogen) atoms. The van der Waals surface area contributed by atoms with E-state index < -0.39 is 0 Å². The summed E-state index contributed by atoms with van der Waals surface area (Å²) in [7, 11) is 0. The molecule has 0 aliphatic rings. The van der Waals surface area contributed by atoms with Crippen molar-refractivity contribution in [3.05, 3.63) is 37.5 Å². The first-order valence-electron chi connectivity index (χ1n) is 5.78. The van der Waals surface area contributed by atoms with Gasteiger partial charge in [-0.15, -0.1) is 22.7 Å². The highest BCUT2D eigenvalue weighted by atomic mass is 32.1. The minimum atomic E-state index is -0.00828. The number of carbonyl (C=O) groups is 1. The van der Waals surface area contributed by atoms with Crippen molar-refractivity contribution >= 4 is 28.6 Å². The maximum Gasteiger partial charge on any atom is 0.261 e. The zero-order valence-electron chi connectivity index (χ0n) is 10.9. The van der Waals surface area contributed by atoms with Crippen molar-refractivity contribution in [1.82, 2.24) is 10.3 Å². The molecule has 2 aromatic heterocycles. The maximum atomic E-state index is 12.0. The van der Waals surface area contributed by atoms with Crippen molar-refractivity contribution < 1.29 is 4.79 Å². The zero-order chi connectivity index (χ0) is 13.3. The van der Waals surface area contributed by atoms with E-state index in [1.165, 1.54) is 11.3 Å². The second-order valence-corrected chi connectivity index (χ2v) is 6.81. The molecule has 2 rings (SSSR count). The van der Waals surface area contributed by atoms with Crippen LogP contribution in [0.25, 0.3) is 0 Å². The summed E-state index contributed by atoms with van der Waals surface area (Å²) in [5.74, 6) is -0.00828. The van der Waals surface area contributed by atoms with Crippen LogP contribution in [0.4, 0.5) is 0 Å². The van der Waals surface area contributed by atoms with Gasteiger partial charge in [-0.3, -0.25) is 4.79 Å². The van der Waals surface area contributed by atoms with Gasteiger partial charge in [0.15, 0.2) is 0 Å². The maximum absolute atomic E-state index is 12.0. The van der Waals surface area contributed by atoms with Crippen LogP contribution in [0.2, 0.25) is 0 Å². The number of thiazole rings is 1. The molecular weight excluding hydrogens is 264 g/mol. The molecule has 0 bridgehead atoms. The number of carbonyl (C=O) groups excluding carboxylic acids is 1. The Balaban J connectivity index is 2.10. The SMILES string of the molecule is Cc1ccc(C(=O)NC(C)c2sc(C)nc2C)s1. The van der Waals surface area contributed by atoms with Crippen molar-refractivity contribution in [2.24, 2.45) is 0 Å². The van der Waals surface area contributed by atoms with E-state index in [1.54, 1.807) is 11.3 Å². The minimum Gasteiger partial charge on any atom is -0.344 e. The molecule has 5 heteroatoms. The third kappa shape index (κ3) is 2.79. The molecule has 1 amide bonds. The number of nitrogens with one attached hydrogen (secondary N) is 1. The van der Waals surface area contributed by atoms with E-state index in [0.717, 1.165) is 25.3 Å². The molecule has 0 aliphatic carbocycles. The van der Waals surface area contributed by atoms with Crippen LogP contribution in [0.15, 0.2) is 12.1 Å². The van der Waals surface area contributed by atoms with E-state index in [9.17, 15) is 4.79 Å². The zero-order valence-corrected chi connectivity index (χ0v) is 12.5. The highest BCUT2D eigenvalue weighted by Crippen LogP contribution is 2.25. The van der Waals surface area contributed by atoms with E-state index >= 15 is 0 Å². The fourth-order valence-corrected chi connectivity index (χ4v) is 3.54. The third-order valence-corrected chi connectivity index (χ3v) is 4.90. The molecule has 0 saturated heterocycles. The Kier molecular flexibility index (Phi) is 3.82. The van der Waals surface area contributed by atoms with Crippen LogP contribution in [-0.2, 0) is 0 Å². The number of hydrogen-bond acceptors (Lipinski definition) is 4. The lowest BCUT2D eigenvalue weighted by Crippen LogP contribution is -2.25. The minimum absolute atomic E-state index is 0.00565. The van der Waals surface area contributed by atoms with Gasteiger partial charge in [0.1, 0.15) is 0 Å². The monoisotopic (exact) mass is 280 g/mol. The summed E-state index contributed by atoms with van der Waals surface area (Å²) in [4.78, 5) is 19.5. The molecule has 2 aromatic rings. The van der Waals surface area contributed by atoms with Crippen LogP contribution in [-0.4, -0.2) is 10.9 Å². The molecule has 96 valence electrons. The van der Waals surface area contributed by atoms with Crippen molar-refractivity contribution in [3.8, 4) is 0 Å². The standard InChI is InChI=1S/C13H16N2OS2/c1-7-5-6-11(17-7)13(16)15-9(3)12-8(2)14-10(4)18-12/h5-6,9H,1-4H3,(H,15,16). The molecule has 1 unspecified atom stereocenters. The molecule has 0 aromatic carbocycles. The molecular formula is C13H16N2OS2. The van der Waals surface area contributed by atoms with Crippen LogP contribution < -0.4 is 5.32 Å². The van der Waals surface area contributed by atoms with Gasteiger partial charge in [0, 0.05) is 9.75 Å². The Bertz CT molecular complexity index is 571. The summed E-state index contributed by atoms with van der Waals surface area (Å²) in [5.41, 5.74) is 1.01. The van der Waals surface area contributed by atoms with Crippen molar-refractivity contribution in [2.75, 3.05) is 0 Å². The normalized spacial score (nSPS) is 12.4. The molecule has 0 fully saturated rings. The van der Waals surface area contributed by atoms with E-state index in [4.69, 9.17) is 0 Å². The molecule has 2 heterocycles. The van der Waals surface area contributed by atoms with Gasteiger partial charge in [-0.25, -0.2) is 4.98 Å². The lowest BCUT2D eigenvalue weighted by atomic mass is 10.2. The van der Waals surface area contributed by atoms with Crippen LogP contribution in [0.5, 0.6) is 0 Å². The highest BCUT2D eigenvalue weighted by Gasteiger charge is 2.16. The van der Waals surface area contributed by atoms with Crippen molar-refractivity contribution in [1.29, 1.82) is 0 Å². The number of aryl methyl sites for hydroxylation is 3. The first-order chi connectivity index (χ1) is 8.47. The number of thiophene rings is 1. The lowest BCUT2D eigenvalue weighted by Gasteiger charge is -2.11. The number of nitrogens with zero attached hydrogens (tertiary/aromatic N) is 1. The number of hydrogen-bond donors (Lipinski definition) is 1. The first kappa shape index (κ1) is 13.2. The van der Waals surface area contributed by atoms with Crippen LogP contribution >= 0.6 is 22.7 Å². The van der Waals surface area contributed by atoms with Gasteiger partial charge < -0.3 is 5.32 Å². The van der Waals surface area contributed by atoms with Crippen LogP contribution in [0.1, 0.15) is 43.1 Å². The molecule has 0 aliphatic heterocycles. The molecule has 1 N–H and O–H groups in total. The van der Waals surface area contributed by atoms with Gasteiger partial charge in [0.2, 0.25) is 0 Å². The number of aromatic nitrogens is 1. The Morgan fingerprint density at radius 3 is 2.50 bits per heavy atom. The van der Waals surface area contributed by atoms with E-state index in [0.29, 0.717) is 0 Å². The summed E-state index contributed by atoms with van der Waals surface area (Å²) < 4.78 is 0. The second-order valence-electron chi connectivity index (χ2n) is 4.29. The molecule has 1 atom stereocenters. The number of rotatable bonds is 3. The van der Waals surface area contributed by atoms with E-state index in [-0.39, 0.29) is 11.9 Å². The molecule has 0 radical (unpaired) electrons. The van der Waals surface area contributed by atoms with Gasteiger partial charge in [0.25, 0.3) is 5.91 Å². The quantitative estimate of drug-likeness (QED) is 0.933. The van der Waals surface area contributed by atoms with E-state index in [2.05, 4.69) is 10.3 Å². The fraction of sp³-hybridized carbons (Fsp3) is 0.385. The van der Waals surface area contributed by atoms with Gasteiger partial charge in [0.05, 0.1) is 21.6 Å². The average Bonchev–Trinajstić information content (AvgIpc) is 2.84. The highest BCUT2D eigenvalue weighted by molar-refractivity contribution is 7.14. The average molecular weight is 280 g/mol. The summed E-state index contributed by atoms with van der Waals surface area (Å²) in [5, 5.41) is 4.06. The van der Waals surface area contributed by atoms with Crippen molar-refractivity contribution in [2.45, 2.75) is 33.7 Å². The predicted molar refractivity (Wildman–Crippen MR) is 76.5 cm³/mol. The third-order valence-electron chi connectivity index (χ3n) is 2.64. The first-order valence-corrected chi connectivity index (χ1v) is 7.42. The Hall–Kier alpha value is -1.20. The van der Waals surface area contributed by atoms with Crippen LogP contribution in [0, 0.1) is 20.8 Å². The fourth-order valence-electron chi connectivity index (χ4n) is 1.84. The predicted octanol–water partition coefficient (Wildman–Crippen LogP) is 3.62. The Labute approximate surface area is 115 Å². The van der Waals surface area contributed by atoms with Crippen LogP contribution in [0.3, 0.4) is 0 Å². The van der Waals surface area contributed by atoms with Gasteiger partial charge in [-0.1, -0.05) is 0 Å². The number of amides is 1. The summed E-state index contributed by atoms with van der Waals surface area (Å²) >= 11 is 3.16. The largest absolute Gasteiger partial charge is 0.344 e. The van der Waals surface area contributed by atoms with Gasteiger partial charge >= 0.3 is 0 Å². The molecule has 0 spiro atoms. The topological polar surface area (TPSA) is 42.0 Å². The smallest absolute Gasteiger partial charge is 0.261 e. The molecule has 0 saturated carbocycles. The van der Waals surface area contributed by atoms with Gasteiger partial charge in [-0.05, 0) is 39.8 Å². The summed E-state index contributed by atoms with van der Waals surface area (Å²) in [6.07, 6.45) is 0. The van der Waals surface area contributed by atoms with E-state index in [1.807, 2.05) is 39.8 Å². The second kappa shape index (κ2) is 5.20. The summed E-state index contributed by atoms with van der Waals surface area (Å²) in [6.45, 7) is 7.97. The van der Waals surface area contributed by atoms with Crippen molar-refractivity contribution in [3.63, 3.8) is 0 Å². The lowest BCUT2D eigenvalue weighted by molar-refractivity contribution is 0.0944. The Morgan fingerprint density at radius 2 is 2.00 bits per heavy atom. The molecule has 3 nitrogen and oxygen atoms in total. The summed E-state index contributed by atoms with van der Waals surface area (Å²) in [6, 6.07) is 3.84.